The number of alkyl halides is 6. The number of aliphatic hydroxyl groups excluding tert-OH is 1. The zero-order valence-electron chi connectivity index (χ0n) is 11.2. The standard InChI is InChI=1S/C15H12F6O/c16-14(17,18)12-6-11(10-4-2-1-3-5-10)7-13(8-12,9-22)15(19,20)21/h1-6,8,22H,7,9H2. The summed E-state index contributed by atoms with van der Waals surface area (Å²) in [5, 5.41) is 9.17. The highest BCUT2D eigenvalue weighted by Crippen LogP contribution is 2.51. The summed E-state index contributed by atoms with van der Waals surface area (Å²) in [5.41, 5.74) is -4.18. The van der Waals surface area contributed by atoms with Gasteiger partial charge in [0.05, 0.1) is 12.2 Å². The lowest BCUT2D eigenvalue weighted by Gasteiger charge is -2.36. The molecule has 0 aromatic heterocycles. The maximum atomic E-state index is 13.2. The molecule has 0 saturated heterocycles. The van der Waals surface area contributed by atoms with Gasteiger partial charge in [-0.05, 0) is 23.6 Å². The number of allylic oxidation sites excluding steroid dienone is 3. The van der Waals surface area contributed by atoms with Crippen LogP contribution in [0, 0.1) is 5.41 Å². The molecule has 1 aromatic carbocycles. The highest BCUT2D eigenvalue weighted by atomic mass is 19.4. The minimum Gasteiger partial charge on any atom is -0.395 e. The molecule has 1 aromatic rings. The van der Waals surface area contributed by atoms with Crippen LogP contribution < -0.4 is 0 Å². The molecule has 1 aliphatic rings. The van der Waals surface area contributed by atoms with Crippen molar-refractivity contribution in [3.8, 4) is 0 Å². The van der Waals surface area contributed by atoms with E-state index in [2.05, 4.69) is 0 Å². The normalized spacial score (nSPS) is 23.0. The Hall–Kier alpha value is -1.76. The second-order valence-corrected chi connectivity index (χ2v) is 5.12. The number of hydrogen-bond donors (Lipinski definition) is 1. The number of hydrogen-bond acceptors (Lipinski definition) is 1. The monoisotopic (exact) mass is 322 g/mol. The summed E-state index contributed by atoms with van der Waals surface area (Å²) >= 11 is 0. The Balaban J connectivity index is 2.59. The predicted octanol–water partition coefficient (Wildman–Crippen LogP) is 4.50. The molecule has 0 aliphatic heterocycles. The SMILES string of the molecule is OCC1(C(F)(F)F)C=C(C(F)(F)F)C=C(c2ccccc2)C1. The van der Waals surface area contributed by atoms with Gasteiger partial charge in [0.1, 0.15) is 5.41 Å². The molecule has 1 atom stereocenters. The fourth-order valence-electron chi connectivity index (χ4n) is 2.34. The minimum absolute atomic E-state index is 0.0828. The van der Waals surface area contributed by atoms with Crippen molar-refractivity contribution in [2.45, 2.75) is 18.8 Å². The summed E-state index contributed by atoms with van der Waals surface area (Å²) in [6.45, 7) is -1.44. The third kappa shape index (κ3) is 3.04. The molecule has 0 bridgehead atoms. The van der Waals surface area contributed by atoms with Crippen molar-refractivity contribution in [1.29, 1.82) is 0 Å². The molecule has 0 amide bonds. The second kappa shape index (κ2) is 5.46. The Morgan fingerprint density at radius 1 is 1.00 bits per heavy atom. The quantitative estimate of drug-likeness (QED) is 0.795. The van der Waals surface area contributed by atoms with Crippen LogP contribution in [0.5, 0.6) is 0 Å². The van der Waals surface area contributed by atoms with Crippen LogP contribution in [-0.2, 0) is 0 Å². The summed E-state index contributed by atoms with van der Waals surface area (Å²) in [4.78, 5) is 0. The van der Waals surface area contributed by atoms with E-state index >= 15 is 0 Å². The smallest absolute Gasteiger partial charge is 0.395 e. The van der Waals surface area contributed by atoms with Crippen LogP contribution in [0.4, 0.5) is 26.3 Å². The third-order valence-electron chi connectivity index (χ3n) is 3.59. The van der Waals surface area contributed by atoms with Crippen LogP contribution in [0.1, 0.15) is 12.0 Å². The average Bonchev–Trinajstić information content (AvgIpc) is 2.45. The summed E-state index contributed by atoms with van der Waals surface area (Å²) < 4.78 is 78.6. The van der Waals surface area contributed by atoms with Crippen LogP contribution in [0.25, 0.3) is 5.57 Å². The molecule has 0 saturated carbocycles. The molecule has 120 valence electrons. The summed E-state index contributed by atoms with van der Waals surface area (Å²) in [6, 6.07) is 7.52. The highest BCUT2D eigenvalue weighted by Gasteiger charge is 2.56. The van der Waals surface area contributed by atoms with E-state index in [-0.39, 0.29) is 17.2 Å². The van der Waals surface area contributed by atoms with Gasteiger partial charge in [0.2, 0.25) is 0 Å². The average molecular weight is 322 g/mol. The number of aliphatic hydroxyl groups is 1. The van der Waals surface area contributed by atoms with E-state index in [1.54, 1.807) is 6.07 Å². The van der Waals surface area contributed by atoms with Gasteiger partial charge >= 0.3 is 12.4 Å². The van der Waals surface area contributed by atoms with E-state index in [1.807, 2.05) is 0 Å². The number of benzene rings is 1. The van der Waals surface area contributed by atoms with Gasteiger partial charge in [-0.15, -0.1) is 0 Å². The van der Waals surface area contributed by atoms with Crippen molar-refractivity contribution in [3.05, 3.63) is 53.6 Å². The molecular weight excluding hydrogens is 310 g/mol. The first-order valence-corrected chi connectivity index (χ1v) is 6.33. The first-order chi connectivity index (χ1) is 10.1. The maximum Gasteiger partial charge on any atom is 0.416 e. The molecule has 0 heterocycles. The molecule has 7 heteroatoms. The molecule has 0 spiro atoms. The second-order valence-electron chi connectivity index (χ2n) is 5.12. The summed E-state index contributed by atoms with van der Waals surface area (Å²) in [7, 11) is 0. The molecule has 2 rings (SSSR count). The lowest BCUT2D eigenvalue weighted by Crippen LogP contribution is -2.42. The largest absolute Gasteiger partial charge is 0.416 e. The lowest BCUT2D eigenvalue weighted by molar-refractivity contribution is -0.216. The predicted molar refractivity (Wildman–Crippen MR) is 68.7 cm³/mol. The van der Waals surface area contributed by atoms with Crippen molar-refractivity contribution in [2.75, 3.05) is 6.61 Å². The van der Waals surface area contributed by atoms with E-state index in [1.165, 1.54) is 24.3 Å². The van der Waals surface area contributed by atoms with Crippen LogP contribution in [0.3, 0.4) is 0 Å². The van der Waals surface area contributed by atoms with Gasteiger partial charge in [-0.1, -0.05) is 36.4 Å². The van der Waals surface area contributed by atoms with E-state index in [4.69, 9.17) is 5.11 Å². The van der Waals surface area contributed by atoms with Gasteiger partial charge in [0.15, 0.2) is 0 Å². The number of halogens is 6. The first-order valence-electron chi connectivity index (χ1n) is 6.33. The van der Waals surface area contributed by atoms with E-state index in [0.29, 0.717) is 6.08 Å². The van der Waals surface area contributed by atoms with Gasteiger partial charge in [0.25, 0.3) is 0 Å². The molecule has 22 heavy (non-hydrogen) atoms. The molecule has 1 aliphatic carbocycles. The van der Waals surface area contributed by atoms with Crippen LogP contribution in [-0.4, -0.2) is 24.1 Å². The summed E-state index contributed by atoms with van der Waals surface area (Å²) in [6.07, 6.45) is -9.87. The van der Waals surface area contributed by atoms with Gasteiger partial charge < -0.3 is 5.11 Å². The van der Waals surface area contributed by atoms with Crippen molar-refractivity contribution < 1.29 is 31.4 Å². The van der Waals surface area contributed by atoms with Crippen molar-refractivity contribution in [3.63, 3.8) is 0 Å². The Morgan fingerprint density at radius 2 is 1.59 bits per heavy atom. The molecular formula is C15H12F6O. The molecule has 0 fully saturated rings. The van der Waals surface area contributed by atoms with Crippen molar-refractivity contribution >= 4 is 5.57 Å². The van der Waals surface area contributed by atoms with Gasteiger partial charge in [0, 0.05) is 0 Å². The van der Waals surface area contributed by atoms with Crippen LogP contribution in [0.15, 0.2) is 48.1 Å². The Labute approximate surface area is 122 Å². The van der Waals surface area contributed by atoms with Crippen molar-refractivity contribution in [2.24, 2.45) is 5.41 Å². The Morgan fingerprint density at radius 3 is 2.05 bits per heavy atom. The summed E-state index contributed by atoms with van der Waals surface area (Å²) in [5.74, 6) is 0. The molecule has 1 N–H and O–H groups in total. The highest BCUT2D eigenvalue weighted by molar-refractivity contribution is 5.71. The molecule has 1 nitrogen and oxygen atoms in total. The zero-order valence-corrected chi connectivity index (χ0v) is 11.2. The van der Waals surface area contributed by atoms with Crippen LogP contribution >= 0.6 is 0 Å². The maximum absolute atomic E-state index is 13.2. The van der Waals surface area contributed by atoms with Crippen LogP contribution in [0.2, 0.25) is 0 Å². The van der Waals surface area contributed by atoms with E-state index in [9.17, 15) is 26.3 Å². The number of rotatable bonds is 2. The van der Waals surface area contributed by atoms with Gasteiger partial charge in [-0.3, -0.25) is 0 Å². The third-order valence-corrected chi connectivity index (χ3v) is 3.59. The first kappa shape index (κ1) is 16.6. The van der Waals surface area contributed by atoms with Crippen molar-refractivity contribution in [1.82, 2.24) is 0 Å². The zero-order chi connectivity index (χ0) is 16.6. The Kier molecular flexibility index (Phi) is 4.12. The van der Waals surface area contributed by atoms with Gasteiger partial charge in [-0.25, -0.2) is 0 Å². The fourth-order valence-corrected chi connectivity index (χ4v) is 2.34. The topological polar surface area (TPSA) is 20.2 Å². The minimum atomic E-state index is -4.99. The van der Waals surface area contributed by atoms with E-state index in [0.717, 1.165) is 0 Å². The fraction of sp³-hybridized carbons (Fsp3) is 0.333. The van der Waals surface area contributed by atoms with E-state index < -0.39 is 36.4 Å². The Bertz CT molecular complexity index is 597. The van der Waals surface area contributed by atoms with Gasteiger partial charge in [-0.2, -0.15) is 26.3 Å². The molecule has 1 unspecified atom stereocenters. The lowest BCUT2D eigenvalue weighted by atomic mass is 9.74. The molecule has 0 radical (unpaired) electrons.